The molecule has 0 saturated heterocycles. The fraction of sp³-hybridized carbons (Fsp3) is 0.400. The Morgan fingerprint density at radius 2 is 1.44 bits per heavy atom. The van der Waals surface area contributed by atoms with Crippen LogP contribution in [0.15, 0.2) is 48.5 Å². The Bertz CT molecular complexity index is 904. The normalized spacial score (nSPS) is 10.9. The maximum atomic E-state index is 12.3. The topological polar surface area (TPSA) is 79.5 Å². The maximum Gasteiger partial charge on any atom is 0.269 e. The van der Waals surface area contributed by atoms with Crippen LogP contribution < -0.4 is 20.9 Å². The van der Waals surface area contributed by atoms with E-state index in [4.69, 9.17) is 17.0 Å². The van der Waals surface area contributed by atoms with E-state index in [-0.39, 0.29) is 22.3 Å². The molecule has 2 rings (SSSR count). The highest BCUT2D eigenvalue weighted by molar-refractivity contribution is 7.80. The Balaban J connectivity index is 1.77. The van der Waals surface area contributed by atoms with Crippen LogP contribution in [-0.4, -0.2) is 23.5 Å². The monoisotopic (exact) mass is 455 g/mol. The van der Waals surface area contributed by atoms with Crippen molar-refractivity contribution in [3.63, 3.8) is 0 Å². The highest BCUT2D eigenvalue weighted by Gasteiger charge is 2.15. The van der Waals surface area contributed by atoms with E-state index in [1.54, 1.807) is 36.4 Å². The first-order valence-electron chi connectivity index (χ1n) is 11.0. The number of hydrogen-bond donors (Lipinski definition) is 3. The molecule has 6 nitrogen and oxygen atoms in total. The molecule has 172 valence electrons. The van der Waals surface area contributed by atoms with Crippen LogP contribution in [-0.2, 0) is 5.41 Å². The molecular formula is C25H33N3O3S. The van der Waals surface area contributed by atoms with Crippen molar-refractivity contribution in [1.82, 2.24) is 16.2 Å². The Labute approximate surface area is 196 Å². The molecule has 0 bridgehead atoms. The quantitative estimate of drug-likeness (QED) is 0.300. The van der Waals surface area contributed by atoms with Gasteiger partial charge in [-0.25, -0.2) is 0 Å². The Morgan fingerprint density at radius 1 is 0.844 bits per heavy atom. The Hall–Kier alpha value is -2.93. The zero-order chi connectivity index (χ0) is 23.6. The molecule has 2 amide bonds. The fourth-order valence-corrected chi connectivity index (χ4v) is 3.08. The second-order valence-corrected chi connectivity index (χ2v) is 9.03. The predicted molar refractivity (Wildman–Crippen MR) is 132 cm³/mol. The molecule has 32 heavy (non-hydrogen) atoms. The number of carbonyl (C=O) groups is 2. The van der Waals surface area contributed by atoms with Gasteiger partial charge in [-0.1, -0.05) is 59.1 Å². The van der Waals surface area contributed by atoms with Crippen LogP contribution in [0.2, 0.25) is 0 Å². The number of rotatable bonds is 8. The van der Waals surface area contributed by atoms with Gasteiger partial charge in [-0.05, 0) is 66.0 Å². The van der Waals surface area contributed by atoms with Gasteiger partial charge in [-0.15, -0.1) is 0 Å². The molecule has 0 saturated carbocycles. The molecule has 3 N–H and O–H groups in total. The molecule has 0 radical (unpaired) electrons. The standard InChI is InChI=1S/C25H33N3O3S/c1-5-6-7-8-17-31-21-15-11-19(12-16-21)23(30)27-28-24(32)26-22(29)18-9-13-20(14-10-18)25(2,3)4/h9-16H,5-8,17H2,1-4H3,(H,27,30)(H2,26,28,29,32). The van der Waals surface area contributed by atoms with Gasteiger partial charge in [-0.3, -0.25) is 25.8 Å². The summed E-state index contributed by atoms with van der Waals surface area (Å²) in [6, 6.07) is 14.2. The van der Waals surface area contributed by atoms with Crippen LogP contribution in [0, 0.1) is 0 Å². The molecule has 0 atom stereocenters. The average Bonchev–Trinajstić information content (AvgIpc) is 2.77. The summed E-state index contributed by atoms with van der Waals surface area (Å²) in [4.78, 5) is 24.6. The molecule has 0 aliphatic carbocycles. The van der Waals surface area contributed by atoms with Crippen molar-refractivity contribution in [1.29, 1.82) is 0 Å². The van der Waals surface area contributed by atoms with Crippen molar-refractivity contribution in [2.45, 2.75) is 58.8 Å². The van der Waals surface area contributed by atoms with Gasteiger partial charge in [0.05, 0.1) is 6.61 Å². The molecule has 0 aromatic heterocycles. The highest BCUT2D eigenvalue weighted by atomic mass is 32.1. The van der Waals surface area contributed by atoms with E-state index in [0.29, 0.717) is 17.7 Å². The third-order valence-electron chi connectivity index (χ3n) is 4.91. The number of thiocarbonyl (C=S) groups is 1. The molecular weight excluding hydrogens is 422 g/mol. The Kier molecular flexibility index (Phi) is 9.65. The van der Waals surface area contributed by atoms with E-state index in [2.05, 4.69) is 43.9 Å². The minimum Gasteiger partial charge on any atom is -0.494 e. The highest BCUT2D eigenvalue weighted by Crippen LogP contribution is 2.22. The van der Waals surface area contributed by atoms with Crippen LogP contribution in [0.1, 0.15) is 79.7 Å². The van der Waals surface area contributed by atoms with Crippen LogP contribution in [0.5, 0.6) is 5.75 Å². The smallest absolute Gasteiger partial charge is 0.269 e. The third-order valence-corrected chi connectivity index (χ3v) is 5.12. The first-order chi connectivity index (χ1) is 15.2. The second-order valence-electron chi connectivity index (χ2n) is 8.62. The summed E-state index contributed by atoms with van der Waals surface area (Å²) in [6.07, 6.45) is 4.57. The number of hydrazine groups is 1. The SMILES string of the molecule is CCCCCCOc1ccc(C(=O)NNC(=S)NC(=O)c2ccc(C(C)(C)C)cc2)cc1. The van der Waals surface area contributed by atoms with E-state index in [1.807, 2.05) is 12.1 Å². The molecule has 0 fully saturated rings. The lowest BCUT2D eigenvalue weighted by molar-refractivity contribution is 0.0934. The minimum atomic E-state index is -0.370. The third kappa shape index (κ3) is 8.30. The lowest BCUT2D eigenvalue weighted by Gasteiger charge is -2.19. The van der Waals surface area contributed by atoms with Gasteiger partial charge in [-0.2, -0.15) is 0 Å². The largest absolute Gasteiger partial charge is 0.494 e. The predicted octanol–water partition coefficient (Wildman–Crippen LogP) is 4.89. The van der Waals surface area contributed by atoms with Crippen molar-refractivity contribution >= 4 is 29.1 Å². The molecule has 0 spiro atoms. The molecule has 0 unspecified atom stereocenters. The van der Waals surface area contributed by atoms with E-state index < -0.39 is 0 Å². The van der Waals surface area contributed by atoms with Gasteiger partial charge in [0.25, 0.3) is 11.8 Å². The molecule has 2 aromatic rings. The lowest BCUT2D eigenvalue weighted by Crippen LogP contribution is -2.48. The number of benzene rings is 2. The second kappa shape index (κ2) is 12.2. The van der Waals surface area contributed by atoms with Gasteiger partial charge >= 0.3 is 0 Å². The summed E-state index contributed by atoms with van der Waals surface area (Å²) in [5.74, 6) is 0.00884. The zero-order valence-electron chi connectivity index (χ0n) is 19.3. The summed E-state index contributed by atoms with van der Waals surface area (Å²) >= 11 is 5.10. The Morgan fingerprint density at radius 3 is 2.03 bits per heavy atom. The molecule has 2 aromatic carbocycles. The van der Waals surface area contributed by atoms with Crippen LogP contribution >= 0.6 is 12.2 Å². The van der Waals surface area contributed by atoms with Crippen molar-refractivity contribution in [3.05, 3.63) is 65.2 Å². The van der Waals surface area contributed by atoms with Gasteiger partial charge in [0.2, 0.25) is 0 Å². The minimum absolute atomic E-state index is 0.00903. The summed E-state index contributed by atoms with van der Waals surface area (Å²) in [7, 11) is 0. The summed E-state index contributed by atoms with van der Waals surface area (Å²) in [6.45, 7) is 9.17. The number of ether oxygens (including phenoxy) is 1. The first-order valence-corrected chi connectivity index (χ1v) is 11.4. The van der Waals surface area contributed by atoms with Gasteiger partial charge < -0.3 is 4.74 Å². The fourth-order valence-electron chi connectivity index (χ4n) is 2.94. The van der Waals surface area contributed by atoms with E-state index in [0.717, 1.165) is 24.2 Å². The van der Waals surface area contributed by atoms with Gasteiger partial charge in [0.15, 0.2) is 5.11 Å². The number of unbranched alkanes of at least 4 members (excludes halogenated alkanes) is 3. The molecule has 0 aliphatic rings. The van der Waals surface area contributed by atoms with Crippen LogP contribution in [0.3, 0.4) is 0 Å². The van der Waals surface area contributed by atoms with Crippen molar-refractivity contribution in [2.24, 2.45) is 0 Å². The number of amides is 2. The van der Waals surface area contributed by atoms with Gasteiger partial charge in [0.1, 0.15) is 5.75 Å². The van der Waals surface area contributed by atoms with Crippen LogP contribution in [0.4, 0.5) is 0 Å². The van der Waals surface area contributed by atoms with Gasteiger partial charge in [0, 0.05) is 11.1 Å². The van der Waals surface area contributed by atoms with E-state index in [1.165, 1.54) is 12.8 Å². The molecule has 0 aliphatic heterocycles. The summed E-state index contributed by atoms with van der Waals surface area (Å²) in [5, 5.41) is 2.56. The van der Waals surface area contributed by atoms with Crippen LogP contribution in [0.25, 0.3) is 0 Å². The summed E-state index contributed by atoms with van der Waals surface area (Å²) < 4.78 is 5.68. The number of hydrogen-bond acceptors (Lipinski definition) is 4. The van der Waals surface area contributed by atoms with E-state index in [9.17, 15) is 9.59 Å². The van der Waals surface area contributed by atoms with Crippen molar-refractivity contribution in [2.75, 3.05) is 6.61 Å². The molecule has 0 heterocycles. The van der Waals surface area contributed by atoms with Crippen molar-refractivity contribution < 1.29 is 14.3 Å². The average molecular weight is 456 g/mol. The zero-order valence-corrected chi connectivity index (χ0v) is 20.1. The maximum absolute atomic E-state index is 12.3. The van der Waals surface area contributed by atoms with Crippen molar-refractivity contribution in [3.8, 4) is 5.75 Å². The number of carbonyl (C=O) groups excluding carboxylic acids is 2. The van der Waals surface area contributed by atoms with E-state index >= 15 is 0 Å². The lowest BCUT2D eigenvalue weighted by atomic mass is 9.87. The number of nitrogens with one attached hydrogen (secondary N) is 3. The molecule has 7 heteroatoms. The first kappa shape index (κ1) is 25.3. The summed E-state index contributed by atoms with van der Waals surface area (Å²) in [5.41, 5.74) is 7.11.